The molecule has 1 aromatic heterocycles. The van der Waals surface area contributed by atoms with Crippen LogP contribution < -0.4 is 5.32 Å². The Morgan fingerprint density at radius 1 is 1.36 bits per heavy atom. The van der Waals surface area contributed by atoms with E-state index in [0.717, 1.165) is 30.0 Å². The highest BCUT2D eigenvalue weighted by Crippen LogP contribution is 2.31. The van der Waals surface area contributed by atoms with E-state index in [2.05, 4.69) is 20.8 Å². The Kier molecular flexibility index (Phi) is 6.31. The van der Waals surface area contributed by atoms with Crippen LogP contribution in [-0.4, -0.2) is 31.9 Å². The zero-order chi connectivity index (χ0) is 17.6. The third-order valence-electron chi connectivity index (χ3n) is 4.48. The number of halogens is 1. The van der Waals surface area contributed by atoms with Crippen molar-refractivity contribution >= 4 is 29.3 Å². The fourth-order valence-corrected chi connectivity index (χ4v) is 4.02. The van der Waals surface area contributed by atoms with Gasteiger partial charge in [0.05, 0.1) is 17.8 Å². The maximum atomic E-state index is 12.3. The Balaban J connectivity index is 1.55. The van der Waals surface area contributed by atoms with Crippen LogP contribution in [0.5, 0.6) is 0 Å². The molecule has 1 saturated carbocycles. The molecule has 1 aliphatic carbocycles. The minimum Gasteiger partial charge on any atom is -0.349 e. The van der Waals surface area contributed by atoms with Crippen molar-refractivity contribution in [3.05, 3.63) is 34.9 Å². The maximum Gasteiger partial charge on any atom is 0.230 e. The van der Waals surface area contributed by atoms with Crippen LogP contribution in [0.1, 0.15) is 56.7 Å². The summed E-state index contributed by atoms with van der Waals surface area (Å²) in [6.07, 6.45) is 5.47. The van der Waals surface area contributed by atoms with E-state index in [1.54, 1.807) is 0 Å². The van der Waals surface area contributed by atoms with E-state index in [1.807, 2.05) is 35.9 Å². The van der Waals surface area contributed by atoms with Crippen LogP contribution >= 0.6 is 23.4 Å². The molecule has 0 aliphatic heterocycles. The molecular formula is C17H22ClN5OS. The fraction of sp³-hybridized carbons (Fsp3) is 0.529. The smallest absolute Gasteiger partial charge is 0.230 e. The summed E-state index contributed by atoms with van der Waals surface area (Å²) >= 11 is 7.32. The first-order valence-electron chi connectivity index (χ1n) is 8.63. The summed E-state index contributed by atoms with van der Waals surface area (Å²) in [5, 5.41) is 16.4. The average Bonchev–Trinajstić information content (AvgIpc) is 3.29. The number of hydrogen-bond acceptors (Lipinski definition) is 5. The lowest BCUT2D eigenvalue weighted by Gasteiger charge is -2.17. The topological polar surface area (TPSA) is 72.7 Å². The minimum absolute atomic E-state index is 0.0174. The van der Waals surface area contributed by atoms with Gasteiger partial charge in [0.1, 0.15) is 0 Å². The number of carbonyl (C=O) groups excluding carboxylic acids is 1. The second kappa shape index (κ2) is 8.67. The van der Waals surface area contributed by atoms with Gasteiger partial charge in [0, 0.05) is 5.02 Å². The SMILES string of the molecule is CCC(NC(=O)CSc1nnnn1C1CCCC1)c1ccc(Cl)cc1. The number of aromatic nitrogens is 4. The number of nitrogens with zero attached hydrogens (tertiary/aromatic N) is 4. The summed E-state index contributed by atoms with van der Waals surface area (Å²) in [7, 11) is 0. The van der Waals surface area contributed by atoms with Crippen molar-refractivity contribution < 1.29 is 4.79 Å². The van der Waals surface area contributed by atoms with E-state index in [1.165, 1.54) is 24.6 Å². The second-order valence-corrected chi connectivity index (χ2v) is 7.59. The van der Waals surface area contributed by atoms with Crippen molar-refractivity contribution in [2.24, 2.45) is 0 Å². The van der Waals surface area contributed by atoms with Crippen LogP contribution in [-0.2, 0) is 4.79 Å². The number of hydrogen-bond donors (Lipinski definition) is 1. The van der Waals surface area contributed by atoms with Crippen LogP contribution in [0, 0.1) is 0 Å². The van der Waals surface area contributed by atoms with Crippen LogP contribution in [0.3, 0.4) is 0 Å². The summed E-state index contributed by atoms with van der Waals surface area (Å²) in [6, 6.07) is 7.94. The molecule has 0 saturated heterocycles. The molecule has 1 heterocycles. The van der Waals surface area contributed by atoms with E-state index >= 15 is 0 Å². The molecule has 0 bridgehead atoms. The quantitative estimate of drug-likeness (QED) is 0.740. The summed E-state index contributed by atoms with van der Waals surface area (Å²) in [6.45, 7) is 2.05. The molecule has 0 spiro atoms. The zero-order valence-corrected chi connectivity index (χ0v) is 15.8. The van der Waals surface area contributed by atoms with E-state index < -0.39 is 0 Å². The molecule has 8 heteroatoms. The molecule has 0 radical (unpaired) electrons. The van der Waals surface area contributed by atoms with Gasteiger partial charge >= 0.3 is 0 Å². The van der Waals surface area contributed by atoms with Gasteiger partial charge < -0.3 is 5.32 Å². The fourth-order valence-electron chi connectivity index (χ4n) is 3.14. The molecule has 1 aromatic carbocycles. The van der Waals surface area contributed by atoms with E-state index in [-0.39, 0.29) is 11.9 Å². The molecule has 25 heavy (non-hydrogen) atoms. The Hall–Kier alpha value is -1.60. The van der Waals surface area contributed by atoms with Crippen molar-refractivity contribution in [2.45, 2.75) is 56.3 Å². The second-order valence-electron chi connectivity index (χ2n) is 6.21. The molecule has 1 N–H and O–H groups in total. The predicted molar refractivity (Wildman–Crippen MR) is 98.7 cm³/mol. The van der Waals surface area contributed by atoms with Gasteiger partial charge in [-0.05, 0) is 47.4 Å². The standard InChI is InChI=1S/C17H22ClN5OS/c1-2-15(12-7-9-13(18)10-8-12)19-16(24)11-25-17-20-21-22-23(17)14-5-3-4-6-14/h7-10,14-15H,2-6,11H2,1H3,(H,19,24). The monoisotopic (exact) mass is 379 g/mol. The van der Waals surface area contributed by atoms with Crippen LogP contribution in [0.2, 0.25) is 5.02 Å². The van der Waals surface area contributed by atoms with Crippen LogP contribution in [0.15, 0.2) is 29.4 Å². The third kappa shape index (κ3) is 4.73. The highest BCUT2D eigenvalue weighted by atomic mass is 35.5. The Morgan fingerprint density at radius 3 is 2.76 bits per heavy atom. The number of benzene rings is 1. The van der Waals surface area contributed by atoms with Gasteiger partial charge in [0.15, 0.2) is 0 Å². The van der Waals surface area contributed by atoms with Gasteiger partial charge in [0.2, 0.25) is 11.1 Å². The first kappa shape index (κ1) is 18.2. The van der Waals surface area contributed by atoms with Crippen molar-refractivity contribution in [2.75, 3.05) is 5.75 Å². The third-order valence-corrected chi connectivity index (χ3v) is 5.67. The normalized spacial score (nSPS) is 16.1. The maximum absolute atomic E-state index is 12.3. The lowest BCUT2D eigenvalue weighted by molar-refractivity contribution is -0.119. The Morgan fingerprint density at radius 2 is 2.08 bits per heavy atom. The van der Waals surface area contributed by atoms with Crippen LogP contribution in [0.25, 0.3) is 0 Å². The van der Waals surface area contributed by atoms with Crippen molar-refractivity contribution in [3.8, 4) is 0 Å². The molecule has 1 fully saturated rings. The number of carbonyl (C=O) groups is 1. The molecule has 2 aromatic rings. The zero-order valence-electron chi connectivity index (χ0n) is 14.2. The van der Waals surface area contributed by atoms with Gasteiger partial charge in [-0.3, -0.25) is 4.79 Å². The minimum atomic E-state index is -0.0206. The van der Waals surface area contributed by atoms with Gasteiger partial charge in [-0.2, -0.15) is 0 Å². The van der Waals surface area contributed by atoms with Crippen molar-refractivity contribution in [3.63, 3.8) is 0 Å². The lowest BCUT2D eigenvalue weighted by Crippen LogP contribution is -2.29. The molecular weight excluding hydrogens is 358 g/mol. The van der Waals surface area contributed by atoms with Crippen molar-refractivity contribution in [1.29, 1.82) is 0 Å². The Bertz CT molecular complexity index is 699. The van der Waals surface area contributed by atoms with Crippen molar-refractivity contribution in [1.82, 2.24) is 25.5 Å². The predicted octanol–water partition coefficient (Wildman–Crippen LogP) is 3.80. The first-order chi connectivity index (χ1) is 12.2. The highest BCUT2D eigenvalue weighted by Gasteiger charge is 2.22. The first-order valence-corrected chi connectivity index (χ1v) is 9.99. The number of tetrazole rings is 1. The molecule has 6 nitrogen and oxygen atoms in total. The van der Waals surface area contributed by atoms with Gasteiger partial charge in [-0.15, -0.1) is 5.10 Å². The molecule has 1 aliphatic rings. The molecule has 134 valence electrons. The average molecular weight is 380 g/mol. The Labute approximate surface area is 156 Å². The van der Waals surface area contributed by atoms with Gasteiger partial charge in [-0.25, -0.2) is 4.68 Å². The highest BCUT2D eigenvalue weighted by molar-refractivity contribution is 7.99. The van der Waals surface area contributed by atoms with Gasteiger partial charge in [0.25, 0.3) is 0 Å². The number of thioether (sulfide) groups is 1. The molecule has 3 rings (SSSR count). The molecule has 1 unspecified atom stereocenters. The van der Waals surface area contributed by atoms with E-state index in [0.29, 0.717) is 16.8 Å². The molecule has 1 atom stereocenters. The van der Waals surface area contributed by atoms with E-state index in [9.17, 15) is 4.79 Å². The summed E-state index contributed by atoms with van der Waals surface area (Å²) in [5.41, 5.74) is 1.06. The molecule has 1 amide bonds. The lowest BCUT2D eigenvalue weighted by atomic mass is 10.0. The number of amides is 1. The summed E-state index contributed by atoms with van der Waals surface area (Å²) in [4.78, 5) is 12.3. The summed E-state index contributed by atoms with van der Waals surface area (Å²) < 4.78 is 1.88. The van der Waals surface area contributed by atoms with Crippen LogP contribution in [0.4, 0.5) is 0 Å². The van der Waals surface area contributed by atoms with E-state index in [4.69, 9.17) is 11.6 Å². The summed E-state index contributed by atoms with van der Waals surface area (Å²) in [5.74, 6) is 0.282. The largest absolute Gasteiger partial charge is 0.349 e. The number of nitrogens with one attached hydrogen (secondary N) is 1. The van der Waals surface area contributed by atoms with Gasteiger partial charge in [-0.1, -0.05) is 55.3 Å². The number of rotatable bonds is 7.